The Bertz CT molecular complexity index is 670. The van der Waals surface area contributed by atoms with E-state index in [0.717, 1.165) is 18.4 Å². The molecule has 122 valence electrons. The molecule has 0 fully saturated rings. The fourth-order valence-electron chi connectivity index (χ4n) is 2.14. The Morgan fingerprint density at radius 3 is 2.61 bits per heavy atom. The number of hydrogen-bond acceptors (Lipinski definition) is 5. The molecule has 0 saturated heterocycles. The smallest absolute Gasteiger partial charge is 0.303 e. The molecule has 0 aliphatic rings. The first-order chi connectivity index (χ1) is 11.1. The van der Waals surface area contributed by atoms with Crippen LogP contribution in [-0.2, 0) is 4.79 Å². The molecule has 0 unspecified atom stereocenters. The lowest BCUT2D eigenvalue weighted by Gasteiger charge is -2.05. The van der Waals surface area contributed by atoms with Gasteiger partial charge in [0.25, 0.3) is 5.91 Å². The van der Waals surface area contributed by atoms with E-state index in [4.69, 9.17) is 10.8 Å². The fourth-order valence-corrected chi connectivity index (χ4v) is 2.91. The highest BCUT2D eigenvalue weighted by atomic mass is 32.1. The van der Waals surface area contributed by atoms with Gasteiger partial charge < -0.3 is 16.2 Å². The highest BCUT2D eigenvalue weighted by Crippen LogP contribution is 2.29. The maximum Gasteiger partial charge on any atom is 0.303 e. The Morgan fingerprint density at radius 2 is 1.91 bits per heavy atom. The Morgan fingerprint density at radius 1 is 1.17 bits per heavy atom. The summed E-state index contributed by atoms with van der Waals surface area (Å²) in [6, 6.07) is 9.44. The van der Waals surface area contributed by atoms with Gasteiger partial charge in [0.1, 0.15) is 4.88 Å². The van der Waals surface area contributed by atoms with Crippen LogP contribution in [0, 0.1) is 0 Å². The molecule has 0 atom stereocenters. The number of nitrogens with two attached hydrogens (primary N) is 1. The number of anilines is 1. The molecular weight excluding hydrogens is 314 g/mol. The summed E-state index contributed by atoms with van der Waals surface area (Å²) in [7, 11) is 0. The molecule has 2 rings (SSSR count). The monoisotopic (exact) mass is 333 g/mol. The Labute approximate surface area is 138 Å². The number of thiazole rings is 1. The predicted molar refractivity (Wildman–Crippen MR) is 90.4 cm³/mol. The summed E-state index contributed by atoms with van der Waals surface area (Å²) in [5.74, 6) is -0.988. The van der Waals surface area contributed by atoms with E-state index in [2.05, 4.69) is 10.3 Å². The van der Waals surface area contributed by atoms with Crippen molar-refractivity contribution < 1.29 is 14.7 Å². The molecule has 2 aromatic rings. The van der Waals surface area contributed by atoms with Gasteiger partial charge in [-0.05, 0) is 12.8 Å². The standard InChI is InChI=1S/C16H19N3O3S/c17-16-19-13(11-7-3-1-4-8-11)14(23-16)15(22)18-10-6-2-5-9-12(20)21/h1,3-4,7-8H,2,5-6,9-10H2,(H2,17,19)(H,18,22)(H,20,21). The predicted octanol–water partition coefficient (Wildman–Crippen LogP) is 2.77. The molecule has 0 spiro atoms. The first-order valence-electron chi connectivity index (χ1n) is 7.39. The molecule has 1 aromatic carbocycles. The van der Waals surface area contributed by atoms with Gasteiger partial charge in [0.15, 0.2) is 5.13 Å². The minimum atomic E-state index is -0.790. The molecule has 0 aliphatic heterocycles. The number of carboxylic acids is 1. The first kappa shape index (κ1) is 17.0. The number of carboxylic acid groups (broad SMARTS) is 1. The van der Waals surface area contributed by atoms with Crippen LogP contribution in [0.4, 0.5) is 5.13 Å². The van der Waals surface area contributed by atoms with E-state index in [1.54, 1.807) is 0 Å². The largest absolute Gasteiger partial charge is 0.481 e. The second kappa shape index (κ2) is 8.28. The number of carbonyl (C=O) groups excluding carboxylic acids is 1. The summed E-state index contributed by atoms with van der Waals surface area (Å²) in [6.45, 7) is 0.504. The molecule has 0 bridgehead atoms. The van der Waals surface area contributed by atoms with Gasteiger partial charge in [-0.1, -0.05) is 48.1 Å². The van der Waals surface area contributed by atoms with Crippen molar-refractivity contribution in [2.24, 2.45) is 0 Å². The van der Waals surface area contributed by atoms with Crippen molar-refractivity contribution in [1.82, 2.24) is 10.3 Å². The average molecular weight is 333 g/mol. The van der Waals surface area contributed by atoms with Crippen LogP contribution in [-0.4, -0.2) is 28.5 Å². The number of nitrogens with zero attached hydrogens (tertiary/aromatic N) is 1. The van der Waals surface area contributed by atoms with Gasteiger partial charge in [-0.3, -0.25) is 9.59 Å². The van der Waals surface area contributed by atoms with Crippen molar-refractivity contribution in [1.29, 1.82) is 0 Å². The zero-order chi connectivity index (χ0) is 16.7. The minimum absolute atomic E-state index is 0.164. The highest BCUT2D eigenvalue weighted by Gasteiger charge is 2.18. The van der Waals surface area contributed by atoms with E-state index in [9.17, 15) is 9.59 Å². The molecule has 0 radical (unpaired) electrons. The number of hydrogen-bond donors (Lipinski definition) is 3. The van der Waals surface area contributed by atoms with Crippen LogP contribution >= 0.6 is 11.3 Å². The van der Waals surface area contributed by atoms with Crippen molar-refractivity contribution in [3.05, 3.63) is 35.2 Å². The number of carbonyl (C=O) groups is 2. The van der Waals surface area contributed by atoms with Crippen LogP contribution in [0.2, 0.25) is 0 Å². The molecule has 4 N–H and O–H groups in total. The molecule has 23 heavy (non-hydrogen) atoms. The highest BCUT2D eigenvalue weighted by molar-refractivity contribution is 7.17. The topological polar surface area (TPSA) is 105 Å². The van der Waals surface area contributed by atoms with E-state index in [0.29, 0.717) is 28.7 Å². The summed E-state index contributed by atoms with van der Waals surface area (Å²) in [5.41, 5.74) is 7.20. The fraction of sp³-hybridized carbons (Fsp3) is 0.312. The molecule has 7 heteroatoms. The third kappa shape index (κ3) is 5.07. The molecule has 6 nitrogen and oxygen atoms in total. The van der Waals surface area contributed by atoms with E-state index >= 15 is 0 Å². The summed E-state index contributed by atoms with van der Waals surface area (Å²) in [4.78, 5) is 27.5. The zero-order valence-electron chi connectivity index (χ0n) is 12.6. The van der Waals surface area contributed by atoms with Gasteiger partial charge in [0.05, 0.1) is 5.69 Å². The second-order valence-electron chi connectivity index (χ2n) is 5.06. The van der Waals surface area contributed by atoms with Crippen LogP contribution in [0.25, 0.3) is 11.3 Å². The molecular formula is C16H19N3O3S. The lowest BCUT2D eigenvalue weighted by Crippen LogP contribution is -2.24. The van der Waals surface area contributed by atoms with Gasteiger partial charge in [-0.15, -0.1) is 0 Å². The van der Waals surface area contributed by atoms with Crippen LogP contribution in [0.5, 0.6) is 0 Å². The van der Waals surface area contributed by atoms with E-state index in [1.807, 2.05) is 30.3 Å². The number of amides is 1. The number of benzene rings is 1. The Kier molecular flexibility index (Phi) is 6.10. The maximum absolute atomic E-state index is 12.3. The van der Waals surface area contributed by atoms with Gasteiger partial charge >= 0.3 is 5.97 Å². The average Bonchev–Trinajstić information content (AvgIpc) is 2.93. The number of nitrogen functional groups attached to an aromatic ring is 1. The maximum atomic E-state index is 12.3. The Hall–Kier alpha value is -2.41. The lowest BCUT2D eigenvalue weighted by molar-refractivity contribution is -0.137. The molecule has 0 aliphatic carbocycles. The van der Waals surface area contributed by atoms with Crippen LogP contribution in [0.15, 0.2) is 30.3 Å². The zero-order valence-corrected chi connectivity index (χ0v) is 13.4. The molecule has 1 heterocycles. The molecule has 0 saturated carbocycles. The molecule has 1 amide bonds. The number of rotatable bonds is 8. The van der Waals surface area contributed by atoms with Gasteiger partial charge in [-0.2, -0.15) is 0 Å². The van der Waals surface area contributed by atoms with Crippen molar-refractivity contribution in [2.75, 3.05) is 12.3 Å². The number of unbranched alkanes of at least 4 members (excludes halogenated alkanes) is 2. The number of aliphatic carboxylic acids is 1. The lowest BCUT2D eigenvalue weighted by atomic mass is 10.1. The quantitative estimate of drug-likeness (QED) is 0.644. The summed E-state index contributed by atoms with van der Waals surface area (Å²) in [6.07, 6.45) is 2.29. The van der Waals surface area contributed by atoms with Crippen molar-refractivity contribution in [3.8, 4) is 11.3 Å². The summed E-state index contributed by atoms with van der Waals surface area (Å²) < 4.78 is 0. The minimum Gasteiger partial charge on any atom is -0.481 e. The van der Waals surface area contributed by atoms with Crippen LogP contribution < -0.4 is 11.1 Å². The summed E-state index contributed by atoms with van der Waals surface area (Å²) in [5, 5.41) is 11.8. The normalized spacial score (nSPS) is 10.4. The van der Waals surface area contributed by atoms with Crippen LogP contribution in [0.3, 0.4) is 0 Å². The van der Waals surface area contributed by atoms with Gasteiger partial charge in [0, 0.05) is 18.5 Å². The summed E-state index contributed by atoms with van der Waals surface area (Å²) >= 11 is 1.17. The van der Waals surface area contributed by atoms with Crippen molar-refractivity contribution in [3.63, 3.8) is 0 Å². The van der Waals surface area contributed by atoms with Crippen LogP contribution in [0.1, 0.15) is 35.4 Å². The third-order valence-electron chi connectivity index (χ3n) is 3.25. The SMILES string of the molecule is Nc1nc(-c2ccccc2)c(C(=O)NCCCCCC(=O)O)s1. The first-order valence-corrected chi connectivity index (χ1v) is 8.21. The van der Waals surface area contributed by atoms with Gasteiger partial charge in [0.2, 0.25) is 0 Å². The van der Waals surface area contributed by atoms with E-state index in [1.165, 1.54) is 11.3 Å². The van der Waals surface area contributed by atoms with Gasteiger partial charge in [-0.25, -0.2) is 4.98 Å². The van der Waals surface area contributed by atoms with Crippen molar-refractivity contribution in [2.45, 2.75) is 25.7 Å². The van der Waals surface area contributed by atoms with Crippen molar-refractivity contribution >= 4 is 28.3 Å². The second-order valence-corrected chi connectivity index (χ2v) is 6.09. The number of aromatic nitrogens is 1. The number of nitrogens with one attached hydrogen (secondary N) is 1. The molecule has 1 aromatic heterocycles. The van der Waals surface area contributed by atoms with E-state index < -0.39 is 5.97 Å². The Balaban J connectivity index is 1.91. The van der Waals surface area contributed by atoms with E-state index in [-0.39, 0.29) is 12.3 Å². The third-order valence-corrected chi connectivity index (χ3v) is 4.13.